The molecule has 1 aliphatic carbocycles. The minimum atomic E-state index is -0.341. The lowest BCUT2D eigenvalue weighted by molar-refractivity contribution is -0.146. The third-order valence-electron chi connectivity index (χ3n) is 3.90. The Morgan fingerprint density at radius 1 is 1.37 bits per heavy atom. The molecule has 3 unspecified atom stereocenters. The van der Waals surface area contributed by atoms with Crippen LogP contribution >= 0.6 is 0 Å². The van der Waals surface area contributed by atoms with Gasteiger partial charge < -0.3 is 4.74 Å². The smallest absolute Gasteiger partial charge is 0.327 e. The van der Waals surface area contributed by atoms with Crippen LogP contribution in [-0.2, 0) is 9.53 Å². The molecule has 104 valence electrons. The summed E-state index contributed by atoms with van der Waals surface area (Å²) < 4.78 is 5.20. The van der Waals surface area contributed by atoms with E-state index in [0.29, 0.717) is 18.6 Å². The first-order valence-electron chi connectivity index (χ1n) is 7.20. The number of ether oxygens (including phenoxy) is 1. The van der Waals surface area contributed by atoms with Crippen LogP contribution in [0.4, 0.5) is 0 Å². The normalized spacial score (nSPS) is 24.1. The van der Waals surface area contributed by atoms with Crippen LogP contribution in [0.5, 0.6) is 0 Å². The van der Waals surface area contributed by atoms with E-state index in [9.17, 15) is 4.79 Å². The zero-order valence-corrected chi connectivity index (χ0v) is 11.8. The first-order valence-corrected chi connectivity index (χ1v) is 7.20. The summed E-state index contributed by atoms with van der Waals surface area (Å²) in [5.74, 6) is 0.452. The van der Waals surface area contributed by atoms with Crippen molar-refractivity contribution in [2.24, 2.45) is 5.92 Å². The highest BCUT2D eigenvalue weighted by molar-refractivity contribution is 5.77. The van der Waals surface area contributed by atoms with E-state index >= 15 is 0 Å². The average molecular weight is 261 g/mol. The van der Waals surface area contributed by atoms with Gasteiger partial charge in [-0.15, -0.1) is 0 Å². The van der Waals surface area contributed by atoms with Crippen molar-refractivity contribution in [2.75, 3.05) is 6.61 Å². The number of esters is 1. The molecule has 0 heterocycles. The predicted molar refractivity (Wildman–Crippen MR) is 75.8 cm³/mol. The van der Waals surface area contributed by atoms with Crippen LogP contribution in [0.3, 0.4) is 0 Å². The highest BCUT2D eigenvalue weighted by Crippen LogP contribution is 2.27. The van der Waals surface area contributed by atoms with Crippen LogP contribution in [-0.4, -0.2) is 18.6 Å². The number of rotatable bonds is 5. The summed E-state index contributed by atoms with van der Waals surface area (Å²) in [6.07, 6.45) is 3.62. The molecule has 0 amide bonds. The Bertz CT molecular complexity index is 404. The maximum Gasteiger partial charge on any atom is 0.327 e. The van der Waals surface area contributed by atoms with E-state index < -0.39 is 0 Å². The van der Waals surface area contributed by atoms with E-state index in [1.807, 2.05) is 37.3 Å². The molecule has 1 aromatic carbocycles. The van der Waals surface area contributed by atoms with Crippen molar-refractivity contribution in [3.8, 4) is 0 Å². The molecule has 0 bridgehead atoms. The molecule has 0 aromatic heterocycles. The molecule has 1 saturated carbocycles. The zero-order valence-electron chi connectivity index (χ0n) is 11.8. The first-order chi connectivity index (χ1) is 9.22. The van der Waals surface area contributed by atoms with Crippen molar-refractivity contribution >= 4 is 5.97 Å². The Morgan fingerprint density at radius 2 is 2.11 bits per heavy atom. The number of carbonyl (C=O) groups is 1. The number of nitrogens with one attached hydrogen (secondary N) is 1. The molecular formula is C16H23NO2. The summed E-state index contributed by atoms with van der Waals surface area (Å²) >= 11 is 0. The Hall–Kier alpha value is -1.35. The lowest BCUT2D eigenvalue weighted by Gasteiger charge is -2.24. The van der Waals surface area contributed by atoms with Gasteiger partial charge in [-0.25, -0.2) is 4.79 Å². The van der Waals surface area contributed by atoms with Crippen LogP contribution in [0.15, 0.2) is 30.3 Å². The topological polar surface area (TPSA) is 38.3 Å². The van der Waals surface area contributed by atoms with Crippen molar-refractivity contribution in [1.82, 2.24) is 5.32 Å². The van der Waals surface area contributed by atoms with Gasteiger partial charge in [0.25, 0.3) is 0 Å². The van der Waals surface area contributed by atoms with Gasteiger partial charge in [0.15, 0.2) is 0 Å². The maximum atomic E-state index is 12.2. The minimum Gasteiger partial charge on any atom is -0.465 e. The van der Waals surface area contributed by atoms with Gasteiger partial charge in [0.2, 0.25) is 0 Å². The minimum absolute atomic E-state index is 0.173. The van der Waals surface area contributed by atoms with Crippen molar-refractivity contribution in [2.45, 2.75) is 45.2 Å². The van der Waals surface area contributed by atoms with Crippen LogP contribution < -0.4 is 5.32 Å². The Kier molecular flexibility index (Phi) is 4.97. The van der Waals surface area contributed by atoms with Crippen molar-refractivity contribution < 1.29 is 9.53 Å². The second-order valence-electron chi connectivity index (χ2n) is 5.28. The Labute approximate surface area is 115 Å². The van der Waals surface area contributed by atoms with E-state index in [1.54, 1.807) is 0 Å². The molecule has 3 nitrogen and oxygen atoms in total. The molecule has 3 heteroatoms. The summed E-state index contributed by atoms with van der Waals surface area (Å²) in [5.41, 5.74) is 0.986. The van der Waals surface area contributed by atoms with Crippen LogP contribution in [0.2, 0.25) is 0 Å². The largest absolute Gasteiger partial charge is 0.465 e. The Morgan fingerprint density at radius 3 is 2.68 bits per heavy atom. The number of benzene rings is 1. The lowest BCUT2D eigenvalue weighted by Crippen LogP contribution is -2.39. The van der Waals surface area contributed by atoms with Gasteiger partial charge in [-0.1, -0.05) is 43.7 Å². The molecule has 0 spiro atoms. The van der Waals surface area contributed by atoms with Gasteiger partial charge in [0.1, 0.15) is 6.04 Å². The van der Waals surface area contributed by atoms with Crippen LogP contribution in [0.1, 0.15) is 44.7 Å². The Balaban J connectivity index is 2.12. The van der Waals surface area contributed by atoms with Crippen LogP contribution in [0.25, 0.3) is 0 Å². The van der Waals surface area contributed by atoms with E-state index in [-0.39, 0.29) is 12.0 Å². The van der Waals surface area contributed by atoms with Crippen molar-refractivity contribution in [1.29, 1.82) is 0 Å². The molecule has 1 fully saturated rings. The fraction of sp³-hybridized carbons (Fsp3) is 0.562. The van der Waals surface area contributed by atoms with Crippen molar-refractivity contribution in [3.05, 3.63) is 35.9 Å². The summed E-state index contributed by atoms with van der Waals surface area (Å²) in [5, 5.41) is 3.49. The molecule has 3 atom stereocenters. The third kappa shape index (κ3) is 3.57. The second kappa shape index (κ2) is 6.71. The molecule has 1 aromatic rings. The maximum absolute atomic E-state index is 12.2. The van der Waals surface area contributed by atoms with Gasteiger partial charge in [0.05, 0.1) is 6.61 Å². The fourth-order valence-electron chi connectivity index (χ4n) is 2.78. The fourth-order valence-corrected chi connectivity index (χ4v) is 2.78. The molecule has 1 N–H and O–H groups in total. The summed E-state index contributed by atoms with van der Waals surface area (Å²) in [6.45, 7) is 4.51. The monoisotopic (exact) mass is 261 g/mol. The molecule has 0 radical (unpaired) electrons. The third-order valence-corrected chi connectivity index (χ3v) is 3.90. The van der Waals surface area contributed by atoms with Gasteiger partial charge in [0, 0.05) is 6.04 Å². The molecular weight excluding hydrogens is 238 g/mol. The lowest BCUT2D eigenvalue weighted by atomic mass is 10.0. The predicted octanol–water partition coefficient (Wildman–Crippen LogP) is 3.07. The number of carbonyl (C=O) groups excluding carboxylic acids is 1. The molecule has 0 saturated heterocycles. The molecule has 19 heavy (non-hydrogen) atoms. The highest BCUT2D eigenvalue weighted by Gasteiger charge is 2.30. The van der Waals surface area contributed by atoms with Crippen molar-refractivity contribution in [3.63, 3.8) is 0 Å². The van der Waals surface area contributed by atoms with Crippen LogP contribution in [0, 0.1) is 5.92 Å². The van der Waals surface area contributed by atoms with Gasteiger partial charge in [-0.3, -0.25) is 5.32 Å². The molecule has 0 aliphatic heterocycles. The van der Waals surface area contributed by atoms with E-state index in [1.165, 1.54) is 12.8 Å². The highest BCUT2D eigenvalue weighted by atomic mass is 16.5. The van der Waals surface area contributed by atoms with Gasteiger partial charge in [-0.05, 0) is 31.2 Å². The summed E-state index contributed by atoms with van der Waals surface area (Å²) in [4.78, 5) is 12.2. The summed E-state index contributed by atoms with van der Waals surface area (Å²) in [7, 11) is 0. The van der Waals surface area contributed by atoms with Gasteiger partial charge >= 0.3 is 5.97 Å². The van der Waals surface area contributed by atoms with E-state index in [4.69, 9.17) is 4.74 Å². The zero-order chi connectivity index (χ0) is 13.7. The van der Waals surface area contributed by atoms with Gasteiger partial charge in [-0.2, -0.15) is 0 Å². The number of hydrogen-bond acceptors (Lipinski definition) is 3. The van der Waals surface area contributed by atoms with E-state index in [2.05, 4.69) is 12.2 Å². The first kappa shape index (κ1) is 14.1. The standard InChI is InChI=1S/C16H23NO2/c1-3-19-16(18)15(13-9-5-4-6-10-13)17-14-11-7-8-12(14)2/h4-6,9-10,12,14-15,17H,3,7-8,11H2,1-2H3. The quantitative estimate of drug-likeness (QED) is 0.828. The second-order valence-corrected chi connectivity index (χ2v) is 5.28. The summed E-state index contributed by atoms with van der Waals surface area (Å²) in [6, 6.07) is 9.91. The average Bonchev–Trinajstić information content (AvgIpc) is 2.82. The molecule has 1 aliphatic rings. The SMILES string of the molecule is CCOC(=O)C(NC1CCCC1C)c1ccccc1. The molecule has 2 rings (SSSR count). The number of hydrogen-bond donors (Lipinski definition) is 1. The van der Waals surface area contributed by atoms with E-state index in [0.717, 1.165) is 12.0 Å².